The van der Waals surface area contributed by atoms with E-state index in [0.717, 1.165) is 0 Å². The molecule has 2 heteroatoms. The summed E-state index contributed by atoms with van der Waals surface area (Å²) in [5, 5.41) is 0.363. The first-order valence-electron chi connectivity index (χ1n) is 1.80. The Labute approximate surface area is 47.0 Å². The lowest BCUT2D eigenvalue weighted by molar-refractivity contribution is 1.31. The summed E-state index contributed by atoms with van der Waals surface area (Å²) in [6, 6.07) is 5.96. The van der Waals surface area contributed by atoms with Crippen molar-refractivity contribution in [3.8, 4) is 0 Å². The fraction of sp³-hybridized carbons (Fsp3) is 0. The monoisotopic (exact) mass is 111 g/mol. The smallest absolute Gasteiger partial charge is 0.137 e. The van der Waals surface area contributed by atoms with E-state index in [9.17, 15) is 0 Å². The second-order valence-electron chi connectivity index (χ2n) is 1.01. The van der Waals surface area contributed by atoms with E-state index < -0.39 is 0 Å². The molecule has 1 heterocycles. The molecule has 0 aliphatic heterocycles. The molecular weight excluding hydrogens is 110 g/mol. The summed E-state index contributed by atoms with van der Waals surface area (Å²) in [5.41, 5.74) is 0. The molecule has 0 fully saturated rings. The minimum Gasteiger partial charge on any atom is -0.234 e. The Balaban J connectivity index is 3.02. The molecule has 0 saturated carbocycles. The Morgan fingerprint density at radius 2 is 2.43 bits per heavy atom. The van der Waals surface area contributed by atoms with Crippen LogP contribution in [0.2, 0.25) is 5.15 Å². The predicted octanol–water partition coefficient (Wildman–Crippen LogP) is 1.34. The first-order chi connectivity index (χ1) is 3.39. The zero-order chi connectivity index (χ0) is 5.11. The van der Waals surface area contributed by atoms with Gasteiger partial charge in [0.15, 0.2) is 0 Å². The minimum atomic E-state index is 0.363. The summed E-state index contributed by atoms with van der Waals surface area (Å²) in [4.78, 5) is 3.56. The largest absolute Gasteiger partial charge is 0.234 e. The van der Waals surface area contributed by atoms with Gasteiger partial charge in [-0.05, 0) is 12.1 Å². The summed E-state index contributed by atoms with van der Waals surface area (Å²) >= 11 is 5.34. The fourth-order valence-corrected chi connectivity index (χ4v) is 0.386. The standard InChI is InChI=1S/C5H2ClN/c6-5-3-1-2-4-7-5/h1-2H. The summed E-state index contributed by atoms with van der Waals surface area (Å²) < 4.78 is 0. The van der Waals surface area contributed by atoms with Gasteiger partial charge in [0.05, 0.1) is 6.20 Å². The predicted molar refractivity (Wildman–Crippen MR) is 26.9 cm³/mol. The zero-order valence-electron chi connectivity index (χ0n) is 3.48. The number of pyridine rings is 1. The third-order valence-electron chi connectivity index (χ3n) is 0.523. The van der Waals surface area contributed by atoms with E-state index >= 15 is 0 Å². The molecule has 0 saturated heterocycles. The number of halogens is 1. The molecule has 0 unspecified atom stereocenters. The van der Waals surface area contributed by atoms with Crippen molar-refractivity contribution in [2.24, 2.45) is 0 Å². The molecule has 0 N–H and O–H groups in total. The molecule has 0 aromatic carbocycles. The van der Waals surface area contributed by atoms with Crippen LogP contribution < -0.4 is 0 Å². The van der Waals surface area contributed by atoms with E-state index in [4.69, 9.17) is 11.6 Å². The van der Waals surface area contributed by atoms with Crippen LogP contribution in [0.3, 0.4) is 0 Å². The Hall–Kier alpha value is -0.560. The van der Waals surface area contributed by atoms with E-state index in [0.29, 0.717) is 5.15 Å². The van der Waals surface area contributed by atoms with Gasteiger partial charge in [-0.15, -0.1) is 0 Å². The molecule has 0 bridgehead atoms. The maximum absolute atomic E-state index is 5.34. The highest BCUT2D eigenvalue weighted by Crippen LogP contribution is 1.96. The molecular formula is C5H2ClN. The second kappa shape index (κ2) is 1.94. The molecule has 0 aliphatic rings. The Morgan fingerprint density at radius 3 is 2.71 bits per heavy atom. The highest BCUT2D eigenvalue weighted by molar-refractivity contribution is 6.29. The number of hydrogen-bond donors (Lipinski definition) is 0. The maximum Gasteiger partial charge on any atom is 0.137 e. The molecule has 1 rings (SSSR count). The minimum absolute atomic E-state index is 0.363. The van der Waals surface area contributed by atoms with Crippen LogP contribution in [0.5, 0.6) is 0 Å². The molecule has 34 valence electrons. The molecule has 7 heavy (non-hydrogen) atoms. The Kier molecular flexibility index (Phi) is 1.27. The summed E-state index contributed by atoms with van der Waals surface area (Å²) in [7, 11) is 0. The van der Waals surface area contributed by atoms with Crippen molar-refractivity contribution in [3.63, 3.8) is 0 Å². The topological polar surface area (TPSA) is 12.9 Å². The van der Waals surface area contributed by atoms with E-state index in [-0.39, 0.29) is 0 Å². The number of aromatic nitrogens is 1. The van der Waals surface area contributed by atoms with Gasteiger partial charge in [0.1, 0.15) is 5.15 Å². The highest BCUT2D eigenvalue weighted by Gasteiger charge is 1.78. The number of hydrogen-bond acceptors (Lipinski definition) is 1. The molecule has 0 spiro atoms. The van der Waals surface area contributed by atoms with Crippen LogP contribution in [0.15, 0.2) is 12.1 Å². The lowest BCUT2D eigenvalue weighted by atomic mass is 10.5. The van der Waals surface area contributed by atoms with Gasteiger partial charge < -0.3 is 0 Å². The first-order valence-corrected chi connectivity index (χ1v) is 2.17. The highest BCUT2D eigenvalue weighted by atomic mass is 35.5. The van der Waals surface area contributed by atoms with E-state index in [2.05, 4.69) is 17.2 Å². The van der Waals surface area contributed by atoms with Gasteiger partial charge in [-0.25, -0.2) is 4.98 Å². The molecule has 1 aromatic heterocycles. The molecule has 2 radical (unpaired) electrons. The number of nitrogens with zero attached hydrogens (tertiary/aromatic N) is 1. The molecule has 1 aromatic rings. The van der Waals surface area contributed by atoms with Crippen molar-refractivity contribution in [1.29, 1.82) is 0 Å². The Morgan fingerprint density at radius 1 is 1.57 bits per heavy atom. The zero-order valence-corrected chi connectivity index (χ0v) is 4.24. The summed E-state index contributed by atoms with van der Waals surface area (Å²) in [6.45, 7) is 0. The van der Waals surface area contributed by atoms with Crippen LogP contribution in [0, 0.1) is 12.3 Å². The molecule has 0 aliphatic carbocycles. The van der Waals surface area contributed by atoms with Gasteiger partial charge in [-0.2, -0.15) is 0 Å². The van der Waals surface area contributed by atoms with Gasteiger partial charge in [0.25, 0.3) is 0 Å². The van der Waals surface area contributed by atoms with Crippen molar-refractivity contribution >= 4 is 11.6 Å². The average molecular weight is 112 g/mol. The number of rotatable bonds is 0. The lowest BCUT2D eigenvalue weighted by Crippen LogP contribution is -1.67. The van der Waals surface area contributed by atoms with E-state index in [1.165, 1.54) is 0 Å². The van der Waals surface area contributed by atoms with Gasteiger partial charge >= 0.3 is 0 Å². The Bertz CT molecular complexity index is 138. The van der Waals surface area contributed by atoms with Gasteiger partial charge in [-0.3, -0.25) is 0 Å². The van der Waals surface area contributed by atoms with Crippen LogP contribution in [-0.4, -0.2) is 4.98 Å². The van der Waals surface area contributed by atoms with E-state index in [1.807, 2.05) is 0 Å². The average Bonchev–Trinajstić information content (AvgIpc) is 1.69. The normalized spacial score (nSPS) is 8.71. The van der Waals surface area contributed by atoms with Crippen molar-refractivity contribution in [2.75, 3.05) is 0 Å². The van der Waals surface area contributed by atoms with Crippen molar-refractivity contribution in [2.45, 2.75) is 0 Å². The second-order valence-corrected chi connectivity index (χ2v) is 1.37. The summed E-state index contributed by atoms with van der Waals surface area (Å²) in [6.07, 6.45) is 2.55. The van der Waals surface area contributed by atoms with Crippen LogP contribution in [0.4, 0.5) is 0 Å². The van der Waals surface area contributed by atoms with Crippen LogP contribution in [0.25, 0.3) is 0 Å². The quantitative estimate of drug-likeness (QED) is 0.461. The molecule has 0 atom stereocenters. The summed E-state index contributed by atoms with van der Waals surface area (Å²) in [5.74, 6) is 0. The van der Waals surface area contributed by atoms with Crippen LogP contribution in [0.1, 0.15) is 0 Å². The van der Waals surface area contributed by atoms with Gasteiger partial charge in [0.2, 0.25) is 0 Å². The third kappa shape index (κ3) is 1.16. The van der Waals surface area contributed by atoms with E-state index in [1.54, 1.807) is 12.1 Å². The molecule has 0 amide bonds. The third-order valence-corrected chi connectivity index (χ3v) is 0.717. The first kappa shape index (κ1) is 4.60. The maximum atomic E-state index is 5.34. The molecule has 1 nitrogen and oxygen atoms in total. The van der Waals surface area contributed by atoms with Crippen molar-refractivity contribution in [3.05, 3.63) is 29.5 Å². The van der Waals surface area contributed by atoms with Gasteiger partial charge in [-0.1, -0.05) is 11.6 Å². The van der Waals surface area contributed by atoms with Crippen molar-refractivity contribution < 1.29 is 0 Å². The van der Waals surface area contributed by atoms with Crippen LogP contribution >= 0.6 is 11.6 Å². The fourth-order valence-electron chi connectivity index (χ4n) is 0.274. The SMILES string of the molecule is Clc1[c]cc[c]n1. The van der Waals surface area contributed by atoms with Crippen LogP contribution in [-0.2, 0) is 0 Å². The van der Waals surface area contributed by atoms with Crippen molar-refractivity contribution in [1.82, 2.24) is 4.98 Å². The van der Waals surface area contributed by atoms with Gasteiger partial charge in [0, 0.05) is 6.07 Å². The lowest BCUT2D eigenvalue weighted by Gasteiger charge is -1.77.